The van der Waals surface area contributed by atoms with Crippen LogP contribution in [0.3, 0.4) is 0 Å². The fourth-order valence-electron chi connectivity index (χ4n) is 1.11. The minimum Gasteiger partial charge on any atom is -0.390 e. The topological polar surface area (TPSA) is 75.4 Å². The van der Waals surface area contributed by atoms with Crippen molar-refractivity contribution >= 4 is 11.4 Å². The lowest BCUT2D eigenvalue weighted by Gasteiger charge is -2.15. The van der Waals surface area contributed by atoms with Crippen molar-refractivity contribution in [2.24, 2.45) is 0 Å². The van der Waals surface area contributed by atoms with Crippen LogP contribution in [0.25, 0.3) is 0 Å². The molecule has 0 radical (unpaired) electrons. The number of hydrogen-bond donors (Lipinski definition) is 2. The Morgan fingerprint density at radius 2 is 1.83 bits per heavy atom. The molecule has 0 amide bonds. The lowest BCUT2D eigenvalue weighted by Crippen LogP contribution is -2.31. The second-order valence-corrected chi connectivity index (χ2v) is 3.41. The molecule has 0 aliphatic carbocycles. The highest BCUT2D eigenvalue weighted by Gasteiger charge is 2.28. The zero-order chi connectivity index (χ0) is 13.9. The summed E-state index contributed by atoms with van der Waals surface area (Å²) in [5.74, 6) is -6.29. The van der Waals surface area contributed by atoms with Gasteiger partial charge in [0, 0.05) is 0 Å². The van der Waals surface area contributed by atoms with Crippen molar-refractivity contribution in [2.45, 2.75) is 5.92 Å². The van der Waals surface area contributed by atoms with E-state index in [9.17, 15) is 27.7 Å². The molecule has 0 unspecified atom stereocenters. The molecule has 0 aliphatic heterocycles. The minimum atomic E-state index is -3.55. The molecule has 9 heteroatoms. The zero-order valence-electron chi connectivity index (χ0n) is 8.79. The number of rotatable bonds is 5. The number of anilines is 1. The molecule has 18 heavy (non-hydrogen) atoms. The van der Waals surface area contributed by atoms with E-state index in [0.717, 1.165) is 0 Å². The minimum absolute atomic E-state index is 0.405. The summed E-state index contributed by atoms with van der Waals surface area (Å²) in [4.78, 5) is 9.26. The van der Waals surface area contributed by atoms with Crippen LogP contribution in [-0.2, 0) is 0 Å². The van der Waals surface area contributed by atoms with E-state index in [-0.39, 0.29) is 0 Å². The molecule has 1 aromatic rings. The van der Waals surface area contributed by atoms with Crippen LogP contribution in [0.15, 0.2) is 12.1 Å². The molecule has 2 N–H and O–H groups in total. The Kier molecular flexibility index (Phi) is 4.07. The van der Waals surface area contributed by atoms with Gasteiger partial charge in [-0.25, -0.2) is 17.6 Å². The van der Waals surface area contributed by atoms with Gasteiger partial charge >= 0.3 is 0 Å². The van der Waals surface area contributed by atoms with Crippen LogP contribution in [0.2, 0.25) is 0 Å². The van der Waals surface area contributed by atoms with Crippen LogP contribution in [0.4, 0.5) is 28.9 Å². The highest BCUT2D eigenvalue weighted by molar-refractivity contribution is 5.51. The van der Waals surface area contributed by atoms with Crippen molar-refractivity contribution in [3.05, 3.63) is 33.9 Å². The van der Waals surface area contributed by atoms with Gasteiger partial charge in [-0.2, -0.15) is 0 Å². The second-order valence-electron chi connectivity index (χ2n) is 3.41. The number of non-ortho nitro benzene ring substituents is 1. The molecule has 0 saturated heterocycles. The van der Waals surface area contributed by atoms with Crippen molar-refractivity contribution < 1.29 is 27.6 Å². The molecule has 0 aliphatic rings. The van der Waals surface area contributed by atoms with Gasteiger partial charge in [-0.15, -0.1) is 0 Å². The summed E-state index contributed by atoms with van der Waals surface area (Å²) < 4.78 is 51.8. The van der Waals surface area contributed by atoms with Crippen molar-refractivity contribution in [2.75, 3.05) is 18.5 Å². The summed E-state index contributed by atoms with van der Waals surface area (Å²) >= 11 is 0. The second kappa shape index (κ2) is 5.17. The normalized spacial score (nSPS) is 11.4. The Morgan fingerprint density at radius 3 is 2.22 bits per heavy atom. The third-order valence-corrected chi connectivity index (χ3v) is 1.99. The predicted octanol–water partition coefficient (Wildman–Crippen LogP) is 1.91. The Morgan fingerprint density at radius 1 is 1.33 bits per heavy atom. The maximum Gasteiger partial charge on any atom is 0.287 e. The van der Waals surface area contributed by atoms with Gasteiger partial charge in [0.2, 0.25) is 0 Å². The van der Waals surface area contributed by atoms with Gasteiger partial charge in [-0.05, 0) is 0 Å². The first-order valence-corrected chi connectivity index (χ1v) is 4.63. The van der Waals surface area contributed by atoms with Gasteiger partial charge < -0.3 is 10.4 Å². The molecule has 100 valence electrons. The molecule has 0 atom stereocenters. The smallest absolute Gasteiger partial charge is 0.287 e. The largest absolute Gasteiger partial charge is 0.390 e. The van der Waals surface area contributed by atoms with E-state index in [1.165, 1.54) is 0 Å². The van der Waals surface area contributed by atoms with E-state index in [0.29, 0.717) is 12.1 Å². The Bertz CT molecular complexity index is 444. The first-order valence-electron chi connectivity index (χ1n) is 4.63. The van der Waals surface area contributed by atoms with Gasteiger partial charge in [-0.3, -0.25) is 10.1 Å². The number of alkyl halides is 2. The summed E-state index contributed by atoms with van der Waals surface area (Å²) in [6.07, 6.45) is 0. The predicted molar refractivity (Wildman–Crippen MR) is 53.5 cm³/mol. The van der Waals surface area contributed by atoms with Gasteiger partial charge in [-0.1, -0.05) is 0 Å². The average Bonchev–Trinajstić information content (AvgIpc) is 2.27. The van der Waals surface area contributed by atoms with Crippen LogP contribution < -0.4 is 5.32 Å². The maximum atomic E-state index is 13.2. The van der Waals surface area contributed by atoms with Gasteiger partial charge in [0.05, 0.1) is 23.6 Å². The molecule has 1 rings (SSSR count). The number of nitrogens with one attached hydrogen (secondary N) is 1. The first kappa shape index (κ1) is 14.2. The summed E-state index contributed by atoms with van der Waals surface area (Å²) in [6.45, 7) is -2.69. The molecule has 0 fully saturated rings. The van der Waals surface area contributed by atoms with E-state index < -0.39 is 47.0 Å². The van der Waals surface area contributed by atoms with E-state index in [1.54, 1.807) is 5.32 Å². The zero-order valence-corrected chi connectivity index (χ0v) is 8.79. The van der Waals surface area contributed by atoms with E-state index in [2.05, 4.69) is 0 Å². The van der Waals surface area contributed by atoms with Crippen molar-refractivity contribution in [1.29, 1.82) is 0 Å². The Labute approximate surface area is 98.2 Å². The summed E-state index contributed by atoms with van der Waals surface area (Å²) in [5.41, 5.74) is -1.74. The number of aliphatic hydroxyl groups excluding tert-OH is 1. The molecule has 0 heterocycles. The number of benzene rings is 1. The maximum absolute atomic E-state index is 13.2. The van der Waals surface area contributed by atoms with Gasteiger partial charge in [0.1, 0.15) is 12.3 Å². The summed E-state index contributed by atoms with van der Waals surface area (Å²) in [5, 5.41) is 20.3. The molecular weight excluding hydrogens is 260 g/mol. The molecular formula is C9H8F4N2O3. The number of hydrogen-bond acceptors (Lipinski definition) is 4. The van der Waals surface area contributed by atoms with Gasteiger partial charge in [0.15, 0.2) is 11.6 Å². The number of aliphatic hydroxyl groups is 1. The van der Waals surface area contributed by atoms with Crippen molar-refractivity contribution in [3.8, 4) is 0 Å². The average molecular weight is 268 g/mol. The fourth-order valence-corrected chi connectivity index (χ4v) is 1.11. The number of nitro groups is 1. The van der Waals surface area contributed by atoms with Crippen LogP contribution in [0.1, 0.15) is 0 Å². The van der Waals surface area contributed by atoms with Crippen LogP contribution >= 0.6 is 0 Å². The Hall–Kier alpha value is -1.90. The highest BCUT2D eigenvalue weighted by atomic mass is 19.3. The lowest BCUT2D eigenvalue weighted by molar-refractivity contribution is -0.385. The third kappa shape index (κ3) is 3.29. The lowest BCUT2D eigenvalue weighted by atomic mass is 10.2. The monoisotopic (exact) mass is 268 g/mol. The molecule has 5 nitrogen and oxygen atoms in total. The Balaban J connectivity index is 2.94. The van der Waals surface area contributed by atoms with Crippen LogP contribution in [0, 0.1) is 21.7 Å². The van der Waals surface area contributed by atoms with Gasteiger partial charge in [0.25, 0.3) is 11.6 Å². The summed E-state index contributed by atoms with van der Waals surface area (Å²) in [7, 11) is 0. The van der Waals surface area contributed by atoms with Crippen LogP contribution in [0.5, 0.6) is 0 Å². The SMILES string of the molecule is O=[N+]([O-])c1cc(F)c(NCC(F)(F)CO)c(F)c1. The molecule has 1 aromatic carbocycles. The number of nitro benzene ring substituents is 1. The number of nitrogens with zero attached hydrogens (tertiary/aromatic N) is 1. The van der Waals surface area contributed by atoms with E-state index in [4.69, 9.17) is 5.11 Å². The van der Waals surface area contributed by atoms with Crippen molar-refractivity contribution in [1.82, 2.24) is 0 Å². The molecule has 0 aromatic heterocycles. The molecule has 0 saturated carbocycles. The number of halogens is 4. The highest BCUT2D eigenvalue weighted by Crippen LogP contribution is 2.25. The van der Waals surface area contributed by atoms with Crippen molar-refractivity contribution in [3.63, 3.8) is 0 Å². The molecule has 0 spiro atoms. The van der Waals surface area contributed by atoms with Crippen LogP contribution in [-0.4, -0.2) is 29.1 Å². The molecule has 0 bridgehead atoms. The third-order valence-electron chi connectivity index (χ3n) is 1.99. The van der Waals surface area contributed by atoms with E-state index in [1.807, 2.05) is 0 Å². The quantitative estimate of drug-likeness (QED) is 0.486. The van der Waals surface area contributed by atoms with E-state index >= 15 is 0 Å². The fraction of sp³-hybridized carbons (Fsp3) is 0.333. The summed E-state index contributed by atoms with van der Waals surface area (Å²) in [6, 6.07) is 0.811. The first-order chi connectivity index (χ1) is 8.26. The standard InChI is InChI=1S/C9H8F4N2O3/c10-6-1-5(15(17)18)2-7(11)8(6)14-3-9(12,13)4-16/h1-2,14,16H,3-4H2.